The lowest BCUT2D eigenvalue weighted by atomic mass is 10.3. The van der Waals surface area contributed by atoms with E-state index < -0.39 is 25.7 Å². The summed E-state index contributed by atoms with van der Waals surface area (Å²) < 4.78 is 23.7. The molecule has 1 aromatic rings. The fourth-order valence-electron chi connectivity index (χ4n) is 1.12. The number of nitro benzene ring substituents is 1. The van der Waals surface area contributed by atoms with Crippen molar-refractivity contribution in [3.63, 3.8) is 0 Å². The highest BCUT2D eigenvalue weighted by molar-refractivity contribution is 7.92. The van der Waals surface area contributed by atoms with Crippen LogP contribution in [0.2, 0.25) is 5.02 Å². The van der Waals surface area contributed by atoms with Gasteiger partial charge >= 0.3 is 0 Å². The maximum Gasteiger partial charge on any atom is 0.288 e. The van der Waals surface area contributed by atoms with Gasteiger partial charge in [-0.3, -0.25) is 10.1 Å². The molecule has 0 saturated heterocycles. The van der Waals surface area contributed by atoms with Crippen LogP contribution in [0.4, 0.5) is 5.69 Å². The summed E-state index contributed by atoms with van der Waals surface area (Å²) in [7, 11) is -3.70. The lowest BCUT2D eigenvalue weighted by molar-refractivity contribution is -0.387. The van der Waals surface area contributed by atoms with Gasteiger partial charge in [0.1, 0.15) is 4.90 Å². The second-order valence-electron chi connectivity index (χ2n) is 3.46. The quantitative estimate of drug-likeness (QED) is 0.620. The van der Waals surface area contributed by atoms with Crippen molar-refractivity contribution in [2.24, 2.45) is 0 Å². The minimum absolute atomic E-state index is 0.157. The molecule has 0 bridgehead atoms. The van der Waals surface area contributed by atoms with Crippen molar-refractivity contribution in [3.8, 4) is 0 Å². The van der Waals surface area contributed by atoms with E-state index in [0.29, 0.717) is 0 Å². The summed E-state index contributed by atoms with van der Waals surface area (Å²) in [6.45, 7) is 2.92. The molecule has 88 valence electrons. The Hall–Kier alpha value is -1.14. The zero-order chi connectivity index (χ0) is 12.5. The molecule has 5 nitrogen and oxygen atoms in total. The lowest BCUT2D eigenvalue weighted by Crippen LogP contribution is -2.15. The molecule has 0 fully saturated rings. The van der Waals surface area contributed by atoms with Gasteiger partial charge in [0.15, 0.2) is 9.84 Å². The number of rotatable bonds is 3. The number of halogens is 1. The standard InChI is InChI=1S/C9H10ClNO4S/c1-6(2)16(14,15)9-5-7(10)3-4-8(9)11(12)13/h3-6H,1-2H3. The van der Waals surface area contributed by atoms with E-state index in [2.05, 4.69) is 0 Å². The molecule has 1 aromatic carbocycles. The lowest BCUT2D eigenvalue weighted by Gasteiger charge is -2.08. The third-order valence-electron chi connectivity index (χ3n) is 2.05. The maximum atomic E-state index is 11.8. The van der Waals surface area contributed by atoms with Crippen LogP contribution in [0.3, 0.4) is 0 Å². The first kappa shape index (κ1) is 12.9. The van der Waals surface area contributed by atoms with Crippen LogP contribution in [0.5, 0.6) is 0 Å². The maximum absolute atomic E-state index is 11.8. The van der Waals surface area contributed by atoms with Gasteiger partial charge in [-0.1, -0.05) is 11.6 Å². The minimum atomic E-state index is -3.70. The van der Waals surface area contributed by atoms with E-state index in [9.17, 15) is 18.5 Å². The summed E-state index contributed by atoms with van der Waals surface area (Å²) in [5, 5.41) is 10.1. The van der Waals surface area contributed by atoms with Crippen molar-refractivity contribution in [2.75, 3.05) is 0 Å². The molecule has 0 heterocycles. The average molecular weight is 264 g/mol. The Morgan fingerprint density at radius 1 is 1.38 bits per heavy atom. The summed E-state index contributed by atoms with van der Waals surface area (Å²) in [4.78, 5) is 9.64. The van der Waals surface area contributed by atoms with E-state index in [-0.39, 0.29) is 9.92 Å². The van der Waals surface area contributed by atoms with Gasteiger partial charge in [0.25, 0.3) is 5.69 Å². The van der Waals surface area contributed by atoms with Crippen molar-refractivity contribution in [2.45, 2.75) is 24.0 Å². The van der Waals surface area contributed by atoms with E-state index in [1.165, 1.54) is 19.9 Å². The van der Waals surface area contributed by atoms with Crippen molar-refractivity contribution in [1.82, 2.24) is 0 Å². The van der Waals surface area contributed by atoms with E-state index in [4.69, 9.17) is 11.6 Å². The van der Waals surface area contributed by atoms with Crippen LogP contribution in [-0.4, -0.2) is 18.6 Å². The molecule has 0 N–H and O–H groups in total. The molecule has 0 aromatic heterocycles. The van der Waals surface area contributed by atoms with Crippen LogP contribution in [0.1, 0.15) is 13.8 Å². The number of nitrogens with zero attached hydrogens (tertiary/aromatic N) is 1. The largest absolute Gasteiger partial charge is 0.288 e. The Morgan fingerprint density at radius 2 is 1.94 bits per heavy atom. The third kappa shape index (κ3) is 2.33. The predicted molar refractivity (Wildman–Crippen MR) is 60.4 cm³/mol. The van der Waals surface area contributed by atoms with E-state index in [1.54, 1.807) is 0 Å². The first-order valence-corrected chi connectivity index (χ1v) is 6.37. The van der Waals surface area contributed by atoms with Crippen molar-refractivity contribution in [3.05, 3.63) is 33.3 Å². The van der Waals surface area contributed by atoms with Gasteiger partial charge in [0, 0.05) is 11.1 Å². The van der Waals surface area contributed by atoms with E-state index in [0.717, 1.165) is 12.1 Å². The van der Waals surface area contributed by atoms with Crippen molar-refractivity contribution >= 4 is 27.1 Å². The molecular weight excluding hydrogens is 254 g/mol. The highest BCUT2D eigenvalue weighted by Crippen LogP contribution is 2.29. The third-order valence-corrected chi connectivity index (χ3v) is 4.46. The van der Waals surface area contributed by atoms with Crippen LogP contribution in [0.15, 0.2) is 23.1 Å². The van der Waals surface area contributed by atoms with Crippen molar-refractivity contribution in [1.29, 1.82) is 0 Å². The van der Waals surface area contributed by atoms with Crippen molar-refractivity contribution < 1.29 is 13.3 Å². The number of hydrogen-bond acceptors (Lipinski definition) is 4. The molecule has 0 spiro atoms. The number of sulfone groups is 1. The van der Waals surface area contributed by atoms with E-state index >= 15 is 0 Å². The van der Waals surface area contributed by atoms with Crippen LogP contribution >= 0.6 is 11.6 Å². The summed E-state index contributed by atoms with van der Waals surface area (Å²) in [5.41, 5.74) is -0.446. The van der Waals surface area contributed by atoms with Gasteiger partial charge in [-0.15, -0.1) is 0 Å². The monoisotopic (exact) mass is 263 g/mol. The average Bonchev–Trinajstić information content (AvgIpc) is 2.16. The number of hydrogen-bond donors (Lipinski definition) is 0. The topological polar surface area (TPSA) is 77.3 Å². The van der Waals surface area contributed by atoms with Gasteiger partial charge < -0.3 is 0 Å². The number of nitro groups is 1. The normalized spacial score (nSPS) is 11.8. The van der Waals surface area contributed by atoms with Gasteiger partial charge in [0.2, 0.25) is 0 Å². The van der Waals surface area contributed by atoms with Crippen LogP contribution < -0.4 is 0 Å². The number of benzene rings is 1. The summed E-state index contributed by atoms with van der Waals surface area (Å²) in [6, 6.07) is 3.49. The zero-order valence-electron chi connectivity index (χ0n) is 8.68. The molecule has 0 radical (unpaired) electrons. The molecule has 1 rings (SSSR count). The summed E-state index contributed by atoms with van der Waals surface area (Å²) >= 11 is 5.65. The van der Waals surface area contributed by atoms with E-state index in [1.807, 2.05) is 0 Å². The highest BCUT2D eigenvalue weighted by atomic mass is 35.5. The van der Waals surface area contributed by atoms with Gasteiger partial charge in [-0.25, -0.2) is 8.42 Å². The van der Waals surface area contributed by atoms with Gasteiger partial charge in [0.05, 0.1) is 10.2 Å². The Morgan fingerprint density at radius 3 is 2.38 bits per heavy atom. The molecule has 0 unspecified atom stereocenters. The molecular formula is C9H10ClNO4S. The Balaban J connectivity index is 3.54. The van der Waals surface area contributed by atoms with Gasteiger partial charge in [-0.05, 0) is 26.0 Å². The SMILES string of the molecule is CC(C)S(=O)(=O)c1cc(Cl)ccc1[N+](=O)[O-]. The molecule has 0 amide bonds. The summed E-state index contributed by atoms with van der Waals surface area (Å²) in [5.74, 6) is 0. The zero-order valence-corrected chi connectivity index (χ0v) is 10.2. The highest BCUT2D eigenvalue weighted by Gasteiger charge is 2.28. The fraction of sp³-hybridized carbons (Fsp3) is 0.333. The first-order valence-electron chi connectivity index (χ1n) is 4.44. The smallest absolute Gasteiger partial charge is 0.258 e. The molecule has 0 aliphatic carbocycles. The molecule has 0 saturated carbocycles. The predicted octanol–water partition coefficient (Wildman–Crippen LogP) is 2.43. The van der Waals surface area contributed by atoms with Crippen LogP contribution in [0.25, 0.3) is 0 Å². The molecule has 7 heteroatoms. The molecule has 0 aliphatic heterocycles. The molecule has 0 atom stereocenters. The molecule has 0 aliphatic rings. The second kappa shape index (κ2) is 4.39. The minimum Gasteiger partial charge on any atom is -0.258 e. The fourth-order valence-corrected chi connectivity index (χ4v) is 2.59. The molecule has 16 heavy (non-hydrogen) atoms. The first-order chi connectivity index (χ1) is 7.26. The summed E-state index contributed by atoms with van der Waals surface area (Å²) in [6.07, 6.45) is 0. The Labute approximate surface area is 98.1 Å². The van der Waals surface area contributed by atoms with Gasteiger partial charge in [-0.2, -0.15) is 0 Å². The Bertz CT molecular complexity index is 524. The second-order valence-corrected chi connectivity index (χ2v) is 6.37. The van der Waals surface area contributed by atoms with Crippen LogP contribution in [-0.2, 0) is 9.84 Å². The Kier molecular flexibility index (Phi) is 3.54. The van der Waals surface area contributed by atoms with Crippen LogP contribution in [0, 0.1) is 10.1 Å².